The van der Waals surface area contributed by atoms with Gasteiger partial charge in [-0.05, 0) is 25.5 Å². The zero-order valence-electron chi connectivity index (χ0n) is 13.7. The number of hydrogen-bond donors (Lipinski definition) is 2. The van der Waals surface area contributed by atoms with Crippen molar-refractivity contribution in [2.75, 3.05) is 36.1 Å². The van der Waals surface area contributed by atoms with Gasteiger partial charge in [-0.1, -0.05) is 41.3 Å². The molecule has 0 spiro atoms. The average Bonchev–Trinajstić information content (AvgIpc) is 3.03. The molecule has 130 valence electrons. The Kier molecular flexibility index (Phi) is 8.58. The highest BCUT2D eigenvalue weighted by atomic mass is 32.2. The Morgan fingerprint density at radius 2 is 2.12 bits per heavy atom. The molecule has 0 fully saturated rings. The lowest BCUT2D eigenvalue weighted by atomic mass is 10.3. The maximum atomic E-state index is 11.9. The molecule has 8 heteroatoms. The van der Waals surface area contributed by atoms with Gasteiger partial charge in [-0.15, -0.1) is 10.2 Å². The van der Waals surface area contributed by atoms with Crippen molar-refractivity contribution < 1.29 is 9.53 Å². The van der Waals surface area contributed by atoms with Gasteiger partial charge in [0, 0.05) is 37.6 Å². The maximum Gasteiger partial charge on any atom is 0.225 e. The van der Waals surface area contributed by atoms with Gasteiger partial charge in [0.25, 0.3) is 0 Å². The first-order valence-electron chi connectivity index (χ1n) is 7.90. The number of rotatable bonds is 11. The van der Waals surface area contributed by atoms with Crippen LogP contribution in [0.3, 0.4) is 0 Å². The summed E-state index contributed by atoms with van der Waals surface area (Å²) >= 11 is 3.06. The van der Waals surface area contributed by atoms with Crippen molar-refractivity contribution in [1.29, 1.82) is 0 Å². The lowest BCUT2D eigenvalue weighted by molar-refractivity contribution is -0.115. The Balaban J connectivity index is 1.61. The number of thioether (sulfide) groups is 1. The van der Waals surface area contributed by atoms with Crippen LogP contribution >= 0.6 is 23.1 Å². The van der Waals surface area contributed by atoms with E-state index in [2.05, 4.69) is 20.8 Å². The zero-order chi connectivity index (χ0) is 17.0. The third kappa shape index (κ3) is 7.29. The van der Waals surface area contributed by atoms with Crippen molar-refractivity contribution in [3.63, 3.8) is 0 Å². The highest BCUT2D eigenvalue weighted by molar-refractivity contribution is 8.01. The van der Waals surface area contributed by atoms with Gasteiger partial charge < -0.3 is 15.4 Å². The largest absolute Gasteiger partial charge is 0.382 e. The van der Waals surface area contributed by atoms with Crippen LogP contribution in [-0.2, 0) is 9.53 Å². The van der Waals surface area contributed by atoms with E-state index in [-0.39, 0.29) is 5.91 Å². The van der Waals surface area contributed by atoms with Crippen LogP contribution in [0.5, 0.6) is 0 Å². The maximum absolute atomic E-state index is 11.9. The number of hydrogen-bond acceptors (Lipinski definition) is 7. The minimum Gasteiger partial charge on any atom is -0.382 e. The molecule has 0 aliphatic rings. The van der Waals surface area contributed by atoms with E-state index in [9.17, 15) is 4.79 Å². The van der Waals surface area contributed by atoms with Crippen molar-refractivity contribution in [2.24, 2.45) is 0 Å². The number of benzene rings is 1. The number of amides is 1. The molecule has 2 rings (SSSR count). The summed E-state index contributed by atoms with van der Waals surface area (Å²) in [6, 6.07) is 9.46. The first-order valence-corrected chi connectivity index (χ1v) is 9.71. The lowest BCUT2D eigenvalue weighted by Crippen LogP contribution is -2.11. The number of carbonyl (C=O) groups excluding carboxylic acids is 1. The summed E-state index contributed by atoms with van der Waals surface area (Å²) in [4.78, 5) is 11.9. The smallest absolute Gasteiger partial charge is 0.225 e. The molecular weight excluding hydrogens is 344 g/mol. The summed E-state index contributed by atoms with van der Waals surface area (Å²) in [6.07, 6.45) is 1.38. The van der Waals surface area contributed by atoms with Crippen LogP contribution in [0, 0.1) is 0 Å². The predicted molar refractivity (Wildman–Crippen MR) is 99.9 cm³/mol. The molecule has 0 radical (unpaired) electrons. The van der Waals surface area contributed by atoms with Gasteiger partial charge in [-0.2, -0.15) is 0 Å². The van der Waals surface area contributed by atoms with Gasteiger partial charge in [0.15, 0.2) is 4.34 Å². The Morgan fingerprint density at radius 3 is 2.92 bits per heavy atom. The second-order valence-electron chi connectivity index (χ2n) is 4.86. The van der Waals surface area contributed by atoms with Crippen molar-refractivity contribution in [1.82, 2.24) is 10.2 Å². The summed E-state index contributed by atoms with van der Waals surface area (Å²) in [5.41, 5.74) is 0.821. The Bertz CT molecular complexity index is 607. The average molecular weight is 367 g/mol. The zero-order valence-corrected chi connectivity index (χ0v) is 15.3. The predicted octanol–water partition coefficient (Wildman–Crippen LogP) is 3.50. The van der Waals surface area contributed by atoms with Crippen LogP contribution in [-0.4, -0.2) is 41.6 Å². The second kappa shape index (κ2) is 11.0. The molecule has 0 aliphatic heterocycles. The van der Waals surface area contributed by atoms with Crippen LogP contribution in [0.1, 0.15) is 19.8 Å². The molecule has 0 saturated heterocycles. The molecule has 1 aromatic carbocycles. The minimum absolute atomic E-state index is 0.00693. The molecule has 1 amide bonds. The van der Waals surface area contributed by atoms with E-state index >= 15 is 0 Å². The van der Waals surface area contributed by atoms with Crippen molar-refractivity contribution in [3.05, 3.63) is 30.3 Å². The molecule has 0 atom stereocenters. The van der Waals surface area contributed by atoms with E-state index in [1.54, 1.807) is 11.8 Å². The molecule has 1 aromatic heterocycles. The van der Waals surface area contributed by atoms with Crippen molar-refractivity contribution in [3.8, 4) is 0 Å². The molecule has 0 unspecified atom stereocenters. The van der Waals surface area contributed by atoms with E-state index in [1.807, 2.05) is 37.3 Å². The summed E-state index contributed by atoms with van der Waals surface area (Å²) in [6.45, 7) is 4.30. The molecule has 2 N–H and O–H groups in total. The summed E-state index contributed by atoms with van der Waals surface area (Å²) < 4.78 is 6.15. The van der Waals surface area contributed by atoms with Gasteiger partial charge in [0.2, 0.25) is 11.0 Å². The molecular formula is C16H22N4O2S2. The molecule has 24 heavy (non-hydrogen) atoms. The third-order valence-electron chi connectivity index (χ3n) is 2.96. The number of carbonyl (C=O) groups is 1. The van der Waals surface area contributed by atoms with Crippen LogP contribution in [0.15, 0.2) is 34.7 Å². The van der Waals surface area contributed by atoms with Gasteiger partial charge in [-0.3, -0.25) is 4.79 Å². The van der Waals surface area contributed by atoms with E-state index in [0.29, 0.717) is 12.2 Å². The highest BCUT2D eigenvalue weighted by Crippen LogP contribution is 2.25. The number of anilines is 2. The second-order valence-corrected chi connectivity index (χ2v) is 7.18. The van der Waals surface area contributed by atoms with Gasteiger partial charge in [0.05, 0.1) is 0 Å². The number of nitrogens with zero attached hydrogens (tertiary/aromatic N) is 2. The summed E-state index contributed by atoms with van der Waals surface area (Å²) in [7, 11) is 0. The lowest BCUT2D eigenvalue weighted by Gasteiger charge is -2.03. The first kappa shape index (κ1) is 18.7. The molecule has 0 saturated carbocycles. The van der Waals surface area contributed by atoms with Crippen molar-refractivity contribution >= 4 is 39.8 Å². The number of nitrogens with one attached hydrogen (secondary N) is 2. The number of ether oxygens (including phenoxy) is 1. The quantitative estimate of drug-likeness (QED) is 0.468. The molecule has 0 bridgehead atoms. The van der Waals surface area contributed by atoms with E-state index < -0.39 is 0 Å². The van der Waals surface area contributed by atoms with Crippen LogP contribution in [0.25, 0.3) is 0 Å². The fourth-order valence-electron chi connectivity index (χ4n) is 1.83. The summed E-state index contributed by atoms with van der Waals surface area (Å²) in [5.74, 6) is 0.685. The molecule has 1 heterocycles. The fourth-order valence-corrected chi connectivity index (χ4v) is 3.62. The third-order valence-corrected chi connectivity index (χ3v) is 4.98. The molecule has 6 nitrogen and oxygen atoms in total. The standard InChI is InChI=1S/C16H22N4O2S2/c1-2-22-11-6-10-17-15-19-20-16(24-15)23-12-9-14(21)18-13-7-4-3-5-8-13/h3-5,7-8H,2,6,9-12H2,1H3,(H,17,19)(H,18,21). The Labute approximate surface area is 150 Å². The highest BCUT2D eigenvalue weighted by Gasteiger charge is 2.07. The van der Waals surface area contributed by atoms with Crippen LogP contribution in [0.2, 0.25) is 0 Å². The van der Waals surface area contributed by atoms with E-state index in [4.69, 9.17) is 4.74 Å². The Morgan fingerprint density at radius 1 is 1.29 bits per heavy atom. The number of para-hydroxylation sites is 1. The summed E-state index contributed by atoms with van der Waals surface area (Å²) in [5, 5.41) is 15.1. The minimum atomic E-state index is 0.00693. The molecule has 2 aromatic rings. The number of aromatic nitrogens is 2. The molecule has 0 aliphatic carbocycles. The van der Waals surface area contributed by atoms with Crippen molar-refractivity contribution in [2.45, 2.75) is 24.1 Å². The Hall–Kier alpha value is -1.64. The van der Waals surface area contributed by atoms with Gasteiger partial charge >= 0.3 is 0 Å². The van der Waals surface area contributed by atoms with Crippen LogP contribution in [0.4, 0.5) is 10.8 Å². The fraction of sp³-hybridized carbons (Fsp3) is 0.438. The normalized spacial score (nSPS) is 10.5. The van der Waals surface area contributed by atoms with Gasteiger partial charge in [0.1, 0.15) is 0 Å². The topological polar surface area (TPSA) is 76.1 Å². The van der Waals surface area contributed by atoms with Crippen LogP contribution < -0.4 is 10.6 Å². The SMILES string of the molecule is CCOCCCNc1nnc(SCCC(=O)Nc2ccccc2)s1. The van der Waals surface area contributed by atoms with E-state index in [1.165, 1.54) is 11.3 Å². The van der Waals surface area contributed by atoms with E-state index in [0.717, 1.165) is 41.3 Å². The monoisotopic (exact) mass is 366 g/mol. The first-order chi connectivity index (χ1) is 11.8. The van der Waals surface area contributed by atoms with Gasteiger partial charge in [-0.25, -0.2) is 0 Å².